The largest absolute Gasteiger partial charge is 0.380 e. The van der Waals surface area contributed by atoms with Gasteiger partial charge in [0.05, 0.1) is 6.61 Å². The Morgan fingerprint density at radius 1 is 1.25 bits per heavy atom. The van der Waals surface area contributed by atoms with Crippen LogP contribution in [0, 0.1) is 5.82 Å². The molecular weight excluding hydrogens is 205 g/mol. The Morgan fingerprint density at radius 2 is 1.94 bits per heavy atom. The van der Waals surface area contributed by atoms with E-state index in [1.807, 2.05) is 0 Å². The third kappa shape index (κ3) is 4.73. The van der Waals surface area contributed by atoms with Gasteiger partial charge in [-0.05, 0) is 31.0 Å². The second-order valence-electron chi connectivity index (χ2n) is 3.84. The molecule has 0 radical (unpaired) electrons. The molecule has 0 bridgehead atoms. The molecule has 0 amide bonds. The van der Waals surface area contributed by atoms with Crippen molar-refractivity contribution < 1.29 is 9.13 Å². The number of ether oxygens (including phenoxy) is 1. The Morgan fingerprint density at radius 3 is 2.56 bits per heavy atom. The van der Waals surface area contributed by atoms with E-state index in [0.29, 0.717) is 0 Å². The summed E-state index contributed by atoms with van der Waals surface area (Å²) in [6.45, 7) is 6.51. The lowest BCUT2D eigenvalue weighted by Gasteiger charge is -2.14. The first kappa shape index (κ1) is 13.1. The van der Waals surface area contributed by atoms with E-state index in [9.17, 15) is 4.39 Å². The molecule has 1 rings (SSSR count). The zero-order chi connectivity index (χ0) is 11.8. The molecule has 1 unspecified atom stereocenters. The Balaban J connectivity index is 2.24. The monoisotopic (exact) mass is 225 g/mol. The molecule has 16 heavy (non-hydrogen) atoms. The van der Waals surface area contributed by atoms with Crippen LogP contribution < -0.4 is 5.32 Å². The average Bonchev–Trinajstić information content (AvgIpc) is 2.29. The number of rotatable bonds is 7. The van der Waals surface area contributed by atoms with Crippen molar-refractivity contribution in [2.45, 2.75) is 26.3 Å². The fourth-order valence-electron chi connectivity index (χ4n) is 1.46. The summed E-state index contributed by atoms with van der Waals surface area (Å²) in [4.78, 5) is 0. The molecule has 0 heterocycles. The maximum atomic E-state index is 12.7. The van der Waals surface area contributed by atoms with E-state index in [-0.39, 0.29) is 11.9 Å². The van der Waals surface area contributed by atoms with Crippen LogP contribution in [0.1, 0.15) is 31.9 Å². The van der Waals surface area contributed by atoms with Gasteiger partial charge in [-0.2, -0.15) is 0 Å². The molecule has 1 aromatic rings. The lowest BCUT2D eigenvalue weighted by Crippen LogP contribution is -2.23. The summed E-state index contributed by atoms with van der Waals surface area (Å²) in [5, 5.41) is 3.33. The second-order valence-corrected chi connectivity index (χ2v) is 3.84. The van der Waals surface area contributed by atoms with E-state index in [1.165, 1.54) is 12.1 Å². The Bertz CT molecular complexity index is 286. The van der Waals surface area contributed by atoms with Gasteiger partial charge in [0.15, 0.2) is 0 Å². The van der Waals surface area contributed by atoms with Crippen LogP contribution in [0.4, 0.5) is 4.39 Å². The first-order chi connectivity index (χ1) is 7.74. The van der Waals surface area contributed by atoms with Gasteiger partial charge in [0.25, 0.3) is 0 Å². The standard InChI is InChI=1S/C13H20FNO/c1-3-9-16-10-8-15-11(2)12-4-6-13(14)7-5-12/h4-7,11,15H,3,8-10H2,1-2H3. The smallest absolute Gasteiger partial charge is 0.123 e. The quantitative estimate of drug-likeness (QED) is 0.720. The first-order valence-corrected chi connectivity index (χ1v) is 5.80. The molecule has 1 aromatic carbocycles. The minimum Gasteiger partial charge on any atom is -0.380 e. The molecule has 3 heteroatoms. The van der Waals surface area contributed by atoms with E-state index >= 15 is 0 Å². The zero-order valence-electron chi connectivity index (χ0n) is 10.0. The maximum Gasteiger partial charge on any atom is 0.123 e. The Labute approximate surface area is 96.8 Å². The molecule has 0 aliphatic rings. The summed E-state index contributed by atoms with van der Waals surface area (Å²) in [5.41, 5.74) is 1.09. The molecule has 1 atom stereocenters. The van der Waals surface area contributed by atoms with Crippen LogP contribution in [0.3, 0.4) is 0 Å². The van der Waals surface area contributed by atoms with Gasteiger partial charge in [-0.25, -0.2) is 4.39 Å². The van der Waals surface area contributed by atoms with Gasteiger partial charge in [0, 0.05) is 19.2 Å². The molecule has 90 valence electrons. The van der Waals surface area contributed by atoms with Gasteiger partial charge in [0.1, 0.15) is 5.82 Å². The van der Waals surface area contributed by atoms with Crippen LogP contribution in [0.25, 0.3) is 0 Å². The third-order valence-corrected chi connectivity index (χ3v) is 2.42. The summed E-state index contributed by atoms with van der Waals surface area (Å²) >= 11 is 0. The number of benzene rings is 1. The van der Waals surface area contributed by atoms with E-state index in [2.05, 4.69) is 19.2 Å². The predicted molar refractivity (Wildman–Crippen MR) is 63.9 cm³/mol. The SMILES string of the molecule is CCCOCCNC(C)c1ccc(F)cc1. The van der Waals surface area contributed by atoms with Gasteiger partial charge in [0.2, 0.25) is 0 Å². The fourth-order valence-corrected chi connectivity index (χ4v) is 1.46. The number of hydrogen-bond acceptors (Lipinski definition) is 2. The predicted octanol–water partition coefficient (Wildman–Crippen LogP) is 2.90. The fraction of sp³-hybridized carbons (Fsp3) is 0.538. The average molecular weight is 225 g/mol. The minimum absolute atomic E-state index is 0.192. The Kier molecular flexibility index (Phi) is 6.04. The normalized spacial score (nSPS) is 12.7. The van der Waals surface area contributed by atoms with Crippen LogP contribution in [-0.4, -0.2) is 19.8 Å². The molecule has 0 aromatic heterocycles. The number of halogens is 1. The highest BCUT2D eigenvalue weighted by molar-refractivity contribution is 5.19. The van der Waals surface area contributed by atoms with Crippen molar-refractivity contribution in [2.75, 3.05) is 19.8 Å². The topological polar surface area (TPSA) is 21.3 Å². The van der Waals surface area contributed by atoms with Crippen molar-refractivity contribution >= 4 is 0 Å². The van der Waals surface area contributed by atoms with E-state index in [0.717, 1.165) is 31.7 Å². The van der Waals surface area contributed by atoms with Crippen LogP contribution in [0.15, 0.2) is 24.3 Å². The van der Waals surface area contributed by atoms with Gasteiger partial charge >= 0.3 is 0 Å². The highest BCUT2D eigenvalue weighted by atomic mass is 19.1. The summed E-state index contributed by atoms with van der Waals surface area (Å²) in [6, 6.07) is 6.81. The van der Waals surface area contributed by atoms with Crippen molar-refractivity contribution in [1.82, 2.24) is 5.32 Å². The highest BCUT2D eigenvalue weighted by Crippen LogP contribution is 2.12. The summed E-state index contributed by atoms with van der Waals surface area (Å²) < 4.78 is 18.1. The molecule has 0 fully saturated rings. The van der Waals surface area contributed by atoms with Crippen molar-refractivity contribution in [2.24, 2.45) is 0 Å². The van der Waals surface area contributed by atoms with Crippen LogP contribution in [0.2, 0.25) is 0 Å². The van der Waals surface area contributed by atoms with E-state index in [1.54, 1.807) is 12.1 Å². The van der Waals surface area contributed by atoms with Gasteiger partial charge in [-0.3, -0.25) is 0 Å². The maximum absolute atomic E-state index is 12.7. The van der Waals surface area contributed by atoms with Crippen LogP contribution in [0.5, 0.6) is 0 Å². The van der Waals surface area contributed by atoms with E-state index in [4.69, 9.17) is 4.74 Å². The molecule has 0 aliphatic heterocycles. The first-order valence-electron chi connectivity index (χ1n) is 5.80. The van der Waals surface area contributed by atoms with Gasteiger partial charge < -0.3 is 10.1 Å². The zero-order valence-corrected chi connectivity index (χ0v) is 10.0. The minimum atomic E-state index is -0.192. The molecule has 0 spiro atoms. The molecule has 0 saturated carbocycles. The van der Waals surface area contributed by atoms with Gasteiger partial charge in [-0.1, -0.05) is 19.1 Å². The molecule has 1 N–H and O–H groups in total. The molecule has 0 saturated heterocycles. The van der Waals surface area contributed by atoms with Crippen molar-refractivity contribution in [3.63, 3.8) is 0 Å². The summed E-state index contributed by atoms with van der Waals surface area (Å²) in [7, 11) is 0. The Hall–Kier alpha value is -0.930. The third-order valence-electron chi connectivity index (χ3n) is 2.42. The summed E-state index contributed by atoms with van der Waals surface area (Å²) in [5.74, 6) is -0.192. The van der Waals surface area contributed by atoms with Crippen LogP contribution >= 0.6 is 0 Å². The summed E-state index contributed by atoms with van der Waals surface area (Å²) in [6.07, 6.45) is 1.05. The van der Waals surface area contributed by atoms with Crippen molar-refractivity contribution in [3.8, 4) is 0 Å². The van der Waals surface area contributed by atoms with Crippen molar-refractivity contribution in [1.29, 1.82) is 0 Å². The molecular formula is C13H20FNO. The van der Waals surface area contributed by atoms with Gasteiger partial charge in [-0.15, -0.1) is 0 Å². The highest BCUT2D eigenvalue weighted by Gasteiger charge is 2.03. The molecule has 0 aliphatic carbocycles. The van der Waals surface area contributed by atoms with E-state index < -0.39 is 0 Å². The van der Waals surface area contributed by atoms with Crippen LogP contribution in [-0.2, 0) is 4.74 Å². The van der Waals surface area contributed by atoms with Crippen molar-refractivity contribution in [3.05, 3.63) is 35.6 Å². The molecule has 2 nitrogen and oxygen atoms in total. The lowest BCUT2D eigenvalue weighted by atomic mass is 10.1. The lowest BCUT2D eigenvalue weighted by molar-refractivity contribution is 0.135. The second kappa shape index (κ2) is 7.36. The number of hydrogen-bond donors (Lipinski definition) is 1. The number of nitrogens with one attached hydrogen (secondary N) is 1.